The molecule has 1 aliphatic rings. The van der Waals surface area contributed by atoms with Gasteiger partial charge in [-0.2, -0.15) is 0 Å². The molecule has 0 bridgehead atoms. The van der Waals surface area contributed by atoms with Crippen LogP contribution in [0.1, 0.15) is 39.2 Å². The Morgan fingerprint density at radius 2 is 2.30 bits per heavy atom. The van der Waals surface area contributed by atoms with Gasteiger partial charge in [-0.1, -0.05) is 31.7 Å². The van der Waals surface area contributed by atoms with Gasteiger partial charge in [0.05, 0.1) is 10.6 Å². The minimum Gasteiger partial charge on any atom is -0.355 e. The summed E-state index contributed by atoms with van der Waals surface area (Å²) in [4.78, 5) is 13.1. The summed E-state index contributed by atoms with van der Waals surface area (Å²) in [7, 11) is 0. The molecular formula is C16H22N4OS2. The molecule has 1 amide bonds. The van der Waals surface area contributed by atoms with Gasteiger partial charge in [-0.3, -0.25) is 9.36 Å². The molecule has 1 fully saturated rings. The minimum absolute atomic E-state index is 0.0682. The first-order valence-electron chi connectivity index (χ1n) is 8.03. The van der Waals surface area contributed by atoms with E-state index in [0.29, 0.717) is 17.7 Å². The molecule has 0 aromatic carbocycles. The summed E-state index contributed by atoms with van der Waals surface area (Å²) in [6.07, 6.45) is 3.35. The maximum Gasteiger partial charge on any atom is 0.230 e. The van der Waals surface area contributed by atoms with Gasteiger partial charge in [0.25, 0.3) is 0 Å². The number of thioether (sulfide) groups is 1. The molecule has 2 aromatic heterocycles. The summed E-state index contributed by atoms with van der Waals surface area (Å²) < 4.78 is 2.21. The van der Waals surface area contributed by atoms with Crippen LogP contribution in [0.3, 0.4) is 0 Å². The van der Waals surface area contributed by atoms with Gasteiger partial charge in [0.15, 0.2) is 11.0 Å². The van der Waals surface area contributed by atoms with Crippen molar-refractivity contribution in [3.63, 3.8) is 0 Å². The van der Waals surface area contributed by atoms with Crippen molar-refractivity contribution in [2.45, 2.75) is 44.3 Å². The van der Waals surface area contributed by atoms with Crippen LogP contribution in [0.4, 0.5) is 0 Å². The van der Waals surface area contributed by atoms with E-state index >= 15 is 0 Å². The van der Waals surface area contributed by atoms with Crippen LogP contribution in [0.5, 0.6) is 0 Å². The Hall–Kier alpha value is -1.34. The molecule has 1 saturated carbocycles. The van der Waals surface area contributed by atoms with E-state index in [9.17, 15) is 4.79 Å². The molecular weight excluding hydrogens is 328 g/mol. The smallest absolute Gasteiger partial charge is 0.230 e. The largest absolute Gasteiger partial charge is 0.355 e. The molecule has 0 aliphatic heterocycles. The highest BCUT2D eigenvalue weighted by Crippen LogP contribution is 2.41. The molecule has 0 spiro atoms. The first-order chi connectivity index (χ1) is 11.1. The number of hydrogen-bond donors (Lipinski definition) is 1. The van der Waals surface area contributed by atoms with Crippen LogP contribution in [-0.2, 0) is 4.79 Å². The molecule has 124 valence electrons. The summed E-state index contributed by atoms with van der Waals surface area (Å²) >= 11 is 3.16. The van der Waals surface area contributed by atoms with Crippen LogP contribution in [0, 0.1) is 5.92 Å². The third kappa shape index (κ3) is 4.35. The number of rotatable bonds is 8. The summed E-state index contributed by atoms with van der Waals surface area (Å²) in [5, 5.41) is 14.5. The summed E-state index contributed by atoms with van der Waals surface area (Å²) in [6.45, 7) is 5.06. The van der Waals surface area contributed by atoms with Crippen molar-refractivity contribution in [3.8, 4) is 10.7 Å². The molecule has 1 N–H and O–H groups in total. The topological polar surface area (TPSA) is 59.8 Å². The lowest BCUT2D eigenvalue weighted by atomic mass is 10.1. The van der Waals surface area contributed by atoms with E-state index < -0.39 is 0 Å². The van der Waals surface area contributed by atoms with Gasteiger partial charge >= 0.3 is 0 Å². The second kappa shape index (κ2) is 7.49. The molecule has 0 saturated heterocycles. The van der Waals surface area contributed by atoms with Gasteiger partial charge in [0, 0.05) is 12.6 Å². The highest BCUT2D eigenvalue weighted by molar-refractivity contribution is 7.99. The van der Waals surface area contributed by atoms with Crippen molar-refractivity contribution in [2.75, 3.05) is 12.3 Å². The Labute approximate surface area is 144 Å². The van der Waals surface area contributed by atoms with E-state index in [1.807, 2.05) is 6.07 Å². The minimum atomic E-state index is 0.0682. The molecule has 23 heavy (non-hydrogen) atoms. The van der Waals surface area contributed by atoms with Gasteiger partial charge in [-0.25, -0.2) is 0 Å². The number of aromatic nitrogens is 3. The van der Waals surface area contributed by atoms with Crippen molar-refractivity contribution in [1.29, 1.82) is 0 Å². The van der Waals surface area contributed by atoms with Crippen molar-refractivity contribution < 1.29 is 4.79 Å². The number of carbonyl (C=O) groups is 1. The van der Waals surface area contributed by atoms with Crippen LogP contribution < -0.4 is 5.32 Å². The van der Waals surface area contributed by atoms with Gasteiger partial charge < -0.3 is 5.32 Å². The number of amides is 1. The molecule has 5 nitrogen and oxygen atoms in total. The fourth-order valence-electron chi connectivity index (χ4n) is 2.29. The molecule has 1 aliphatic carbocycles. The third-order valence-corrected chi connectivity index (χ3v) is 5.50. The van der Waals surface area contributed by atoms with E-state index in [1.165, 1.54) is 24.6 Å². The maximum absolute atomic E-state index is 11.9. The highest BCUT2D eigenvalue weighted by atomic mass is 32.2. The standard InChI is InChI=1S/C16H22N4OS2/c1-11(2)7-8-17-14(21)10-23-16-19-18-15(13-4-3-9-22-13)20(16)12-5-6-12/h3-4,9,11-12H,5-8,10H2,1-2H3,(H,17,21). The average molecular weight is 351 g/mol. The lowest BCUT2D eigenvalue weighted by Crippen LogP contribution is -2.27. The molecule has 7 heteroatoms. The molecule has 3 rings (SSSR count). The van der Waals surface area contributed by atoms with Gasteiger partial charge in [0.1, 0.15) is 0 Å². The Balaban J connectivity index is 1.61. The lowest BCUT2D eigenvalue weighted by Gasteiger charge is -2.09. The van der Waals surface area contributed by atoms with Crippen LogP contribution in [0.25, 0.3) is 10.7 Å². The third-order valence-electron chi connectivity index (χ3n) is 3.69. The van der Waals surface area contributed by atoms with Crippen molar-refractivity contribution in [1.82, 2.24) is 20.1 Å². The second-order valence-corrected chi connectivity index (χ2v) is 8.10. The van der Waals surface area contributed by atoms with Gasteiger partial charge in [-0.15, -0.1) is 21.5 Å². The molecule has 2 aromatic rings. The van der Waals surface area contributed by atoms with Gasteiger partial charge in [-0.05, 0) is 36.6 Å². The van der Waals surface area contributed by atoms with E-state index in [-0.39, 0.29) is 5.91 Å². The van der Waals surface area contributed by atoms with Crippen LogP contribution >= 0.6 is 23.1 Å². The van der Waals surface area contributed by atoms with Crippen molar-refractivity contribution >= 4 is 29.0 Å². The first kappa shape index (κ1) is 16.5. The Morgan fingerprint density at radius 3 is 2.96 bits per heavy atom. The average Bonchev–Trinajstić information content (AvgIpc) is 3.04. The van der Waals surface area contributed by atoms with E-state index in [0.717, 1.165) is 28.8 Å². The zero-order valence-electron chi connectivity index (χ0n) is 13.5. The predicted octanol–water partition coefficient (Wildman–Crippen LogP) is 3.60. The summed E-state index contributed by atoms with van der Waals surface area (Å²) in [5.74, 6) is 2.01. The Kier molecular flexibility index (Phi) is 5.38. The Morgan fingerprint density at radius 1 is 1.48 bits per heavy atom. The highest BCUT2D eigenvalue weighted by Gasteiger charge is 2.30. The molecule has 2 heterocycles. The number of carbonyl (C=O) groups excluding carboxylic acids is 1. The van der Waals surface area contributed by atoms with Crippen LogP contribution in [0.15, 0.2) is 22.7 Å². The van der Waals surface area contributed by atoms with Crippen molar-refractivity contribution in [3.05, 3.63) is 17.5 Å². The number of nitrogens with one attached hydrogen (secondary N) is 1. The number of hydrogen-bond acceptors (Lipinski definition) is 5. The first-order valence-corrected chi connectivity index (χ1v) is 9.90. The van der Waals surface area contributed by atoms with Gasteiger partial charge in [0.2, 0.25) is 5.91 Å². The molecule has 0 atom stereocenters. The zero-order chi connectivity index (χ0) is 16.2. The van der Waals surface area contributed by atoms with Crippen molar-refractivity contribution in [2.24, 2.45) is 5.92 Å². The number of thiophene rings is 1. The van der Waals surface area contributed by atoms with E-state index in [4.69, 9.17) is 0 Å². The second-order valence-electron chi connectivity index (χ2n) is 6.21. The molecule has 0 radical (unpaired) electrons. The summed E-state index contributed by atoms with van der Waals surface area (Å²) in [5.41, 5.74) is 0. The SMILES string of the molecule is CC(C)CCNC(=O)CSc1nnc(-c2cccs2)n1C1CC1. The van der Waals surface area contributed by atoms with E-state index in [1.54, 1.807) is 11.3 Å². The predicted molar refractivity (Wildman–Crippen MR) is 94.8 cm³/mol. The fraction of sp³-hybridized carbons (Fsp3) is 0.562. The summed E-state index contributed by atoms with van der Waals surface area (Å²) in [6, 6.07) is 4.59. The van der Waals surface area contributed by atoms with E-state index in [2.05, 4.69) is 45.4 Å². The zero-order valence-corrected chi connectivity index (χ0v) is 15.1. The molecule has 0 unspecified atom stereocenters. The number of nitrogens with zero attached hydrogens (tertiary/aromatic N) is 3. The maximum atomic E-state index is 11.9. The normalized spacial score (nSPS) is 14.4. The van der Waals surface area contributed by atoms with Crippen LogP contribution in [0.2, 0.25) is 0 Å². The monoisotopic (exact) mass is 350 g/mol. The quantitative estimate of drug-likeness (QED) is 0.739. The fourth-order valence-corrected chi connectivity index (χ4v) is 3.83. The Bertz CT molecular complexity index is 647. The van der Waals surface area contributed by atoms with Crippen LogP contribution in [-0.4, -0.2) is 33.0 Å². The lowest BCUT2D eigenvalue weighted by molar-refractivity contribution is -0.118.